The van der Waals surface area contributed by atoms with Crippen LogP contribution in [0.1, 0.15) is 21.9 Å². The molecule has 0 atom stereocenters. The summed E-state index contributed by atoms with van der Waals surface area (Å²) in [5, 5.41) is 8.79. The molecular weight excluding hydrogens is 246 g/mol. The highest BCUT2D eigenvalue weighted by molar-refractivity contribution is 6.01. The fourth-order valence-corrected chi connectivity index (χ4v) is 2.22. The highest BCUT2D eigenvalue weighted by atomic mass is 16.4. The Morgan fingerprint density at radius 2 is 2.05 bits per heavy atom. The lowest BCUT2D eigenvalue weighted by Crippen LogP contribution is -2.25. The Hall–Kier alpha value is -2.56. The van der Waals surface area contributed by atoms with Crippen molar-refractivity contribution in [3.8, 4) is 0 Å². The van der Waals surface area contributed by atoms with E-state index in [4.69, 9.17) is 9.52 Å². The van der Waals surface area contributed by atoms with Crippen LogP contribution in [0.4, 0.5) is 5.69 Å². The Balaban J connectivity index is 1.87. The molecule has 19 heavy (non-hydrogen) atoms. The van der Waals surface area contributed by atoms with Gasteiger partial charge in [-0.05, 0) is 23.8 Å². The second-order valence-electron chi connectivity index (χ2n) is 4.36. The number of nitrogens with zero attached hydrogens (tertiary/aromatic N) is 1. The van der Waals surface area contributed by atoms with Crippen molar-refractivity contribution in [2.45, 2.75) is 13.0 Å². The van der Waals surface area contributed by atoms with Crippen molar-refractivity contribution in [3.63, 3.8) is 0 Å². The molecule has 0 radical (unpaired) electrons. The summed E-state index contributed by atoms with van der Waals surface area (Å²) >= 11 is 0. The van der Waals surface area contributed by atoms with E-state index in [0.29, 0.717) is 12.2 Å². The van der Waals surface area contributed by atoms with Gasteiger partial charge in [-0.15, -0.1) is 0 Å². The summed E-state index contributed by atoms with van der Waals surface area (Å²) in [7, 11) is 0. The second kappa shape index (κ2) is 4.28. The van der Waals surface area contributed by atoms with E-state index in [2.05, 4.69) is 0 Å². The molecule has 5 heteroatoms. The first-order chi connectivity index (χ1) is 9.15. The number of hydrogen-bond donors (Lipinski definition) is 1. The normalized spacial score (nSPS) is 13.7. The lowest BCUT2D eigenvalue weighted by molar-refractivity contribution is -0.117. The molecule has 0 saturated heterocycles. The number of rotatable bonds is 3. The van der Waals surface area contributed by atoms with E-state index >= 15 is 0 Å². The van der Waals surface area contributed by atoms with Gasteiger partial charge >= 0.3 is 5.97 Å². The quantitative estimate of drug-likeness (QED) is 0.913. The van der Waals surface area contributed by atoms with Crippen LogP contribution in [0, 0.1) is 0 Å². The Morgan fingerprint density at radius 1 is 1.26 bits per heavy atom. The van der Waals surface area contributed by atoms with Gasteiger partial charge in [-0.25, -0.2) is 4.79 Å². The molecule has 0 unspecified atom stereocenters. The van der Waals surface area contributed by atoms with Gasteiger partial charge in [0.15, 0.2) is 0 Å². The van der Waals surface area contributed by atoms with Crippen LogP contribution >= 0.6 is 0 Å². The zero-order valence-electron chi connectivity index (χ0n) is 10.00. The Bertz CT molecular complexity index is 659. The van der Waals surface area contributed by atoms with E-state index < -0.39 is 5.97 Å². The smallest absolute Gasteiger partial charge is 0.371 e. The number of fused-ring (bicyclic) bond motifs is 1. The Kier molecular flexibility index (Phi) is 2.59. The topological polar surface area (TPSA) is 70.8 Å². The molecule has 1 aromatic heterocycles. The van der Waals surface area contributed by atoms with E-state index in [9.17, 15) is 9.59 Å². The van der Waals surface area contributed by atoms with Gasteiger partial charge in [0.25, 0.3) is 0 Å². The molecule has 0 aliphatic carbocycles. The van der Waals surface area contributed by atoms with Crippen LogP contribution in [-0.4, -0.2) is 17.0 Å². The predicted octanol–water partition coefficient (Wildman–Crippen LogP) is 2.07. The average Bonchev–Trinajstić information content (AvgIpc) is 2.96. The summed E-state index contributed by atoms with van der Waals surface area (Å²) in [6.45, 7) is 0.253. The van der Waals surface area contributed by atoms with Crippen molar-refractivity contribution in [2.75, 3.05) is 4.90 Å². The third-order valence-corrected chi connectivity index (χ3v) is 3.11. The van der Waals surface area contributed by atoms with Crippen LogP contribution < -0.4 is 4.90 Å². The summed E-state index contributed by atoms with van der Waals surface area (Å²) in [5.41, 5.74) is 1.85. The summed E-state index contributed by atoms with van der Waals surface area (Å²) in [5.74, 6) is -0.772. The number of amides is 1. The van der Waals surface area contributed by atoms with Gasteiger partial charge in [-0.1, -0.05) is 18.2 Å². The zero-order chi connectivity index (χ0) is 13.4. The van der Waals surface area contributed by atoms with Gasteiger partial charge in [0, 0.05) is 5.69 Å². The third kappa shape index (κ3) is 1.99. The Morgan fingerprint density at radius 3 is 2.79 bits per heavy atom. The molecule has 0 fully saturated rings. The predicted molar refractivity (Wildman–Crippen MR) is 67.0 cm³/mol. The number of para-hydroxylation sites is 1. The van der Waals surface area contributed by atoms with Crippen molar-refractivity contribution in [3.05, 3.63) is 53.5 Å². The fraction of sp³-hybridized carbons (Fsp3) is 0.143. The molecule has 1 aliphatic heterocycles. The highest BCUT2D eigenvalue weighted by Gasteiger charge is 2.27. The zero-order valence-corrected chi connectivity index (χ0v) is 10.00. The van der Waals surface area contributed by atoms with Crippen LogP contribution in [0.2, 0.25) is 0 Å². The van der Waals surface area contributed by atoms with E-state index in [-0.39, 0.29) is 18.2 Å². The van der Waals surface area contributed by atoms with E-state index in [1.54, 1.807) is 11.0 Å². The SMILES string of the molecule is O=C(O)c1ccc(CN2C(=O)Cc3ccccc32)o1. The molecule has 5 nitrogen and oxygen atoms in total. The number of carboxylic acids is 1. The largest absolute Gasteiger partial charge is 0.475 e. The number of hydrogen-bond acceptors (Lipinski definition) is 3. The number of anilines is 1. The number of carbonyl (C=O) groups is 2. The van der Waals surface area contributed by atoms with Gasteiger partial charge in [0.05, 0.1) is 13.0 Å². The molecule has 1 aliphatic rings. The molecule has 3 rings (SSSR count). The number of carbonyl (C=O) groups excluding carboxylic acids is 1. The minimum atomic E-state index is -1.11. The maximum absolute atomic E-state index is 11.9. The summed E-state index contributed by atoms with van der Waals surface area (Å²) in [6, 6.07) is 10.5. The maximum atomic E-state index is 11.9. The number of carboxylic acid groups (broad SMARTS) is 1. The lowest BCUT2D eigenvalue weighted by Gasteiger charge is -2.15. The van der Waals surface area contributed by atoms with Gasteiger partial charge in [-0.2, -0.15) is 0 Å². The van der Waals surface area contributed by atoms with Gasteiger partial charge in [-0.3, -0.25) is 4.79 Å². The first-order valence-electron chi connectivity index (χ1n) is 5.85. The lowest BCUT2D eigenvalue weighted by atomic mass is 10.2. The summed E-state index contributed by atoms with van der Waals surface area (Å²) in [4.78, 5) is 24.3. The third-order valence-electron chi connectivity index (χ3n) is 3.11. The molecule has 1 aromatic carbocycles. The number of benzene rings is 1. The average molecular weight is 257 g/mol. The summed E-state index contributed by atoms with van der Waals surface area (Å²) in [6.07, 6.45) is 0.378. The highest BCUT2D eigenvalue weighted by Crippen LogP contribution is 2.30. The van der Waals surface area contributed by atoms with Gasteiger partial charge in [0.1, 0.15) is 5.76 Å². The second-order valence-corrected chi connectivity index (χ2v) is 4.36. The molecule has 0 bridgehead atoms. The minimum absolute atomic E-state index is 0.00512. The van der Waals surface area contributed by atoms with Crippen LogP contribution in [0.5, 0.6) is 0 Å². The first-order valence-corrected chi connectivity index (χ1v) is 5.85. The molecule has 2 heterocycles. The van der Waals surface area contributed by atoms with Crippen LogP contribution in [0.3, 0.4) is 0 Å². The van der Waals surface area contributed by atoms with Gasteiger partial charge < -0.3 is 14.4 Å². The van der Waals surface area contributed by atoms with Crippen molar-refractivity contribution in [1.29, 1.82) is 0 Å². The van der Waals surface area contributed by atoms with Crippen molar-refractivity contribution in [2.24, 2.45) is 0 Å². The van der Waals surface area contributed by atoms with E-state index in [0.717, 1.165) is 11.3 Å². The Labute approximate surface area is 109 Å². The molecule has 1 N–H and O–H groups in total. The van der Waals surface area contributed by atoms with Crippen molar-refractivity contribution >= 4 is 17.6 Å². The monoisotopic (exact) mass is 257 g/mol. The van der Waals surface area contributed by atoms with Crippen LogP contribution in [0.15, 0.2) is 40.8 Å². The summed E-state index contributed by atoms with van der Waals surface area (Å²) < 4.78 is 5.18. The standard InChI is InChI=1S/C14H11NO4/c16-13-7-9-3-1-2-4-11(9)15(13)8-10-5-6-12(19-10)14(17)18/h1-6H,7-8H2,(H,17,18). The molecule has 96 valence electrons. The van der Waals surface area contributed by atoms with Crippen LogP contribution in [-0.2, 0) is 17.8 Å². The maximum Gasteiger partial charge on any atom is 0.371 e. The molecular formula is C14H11NO4. The van der Waals surface area contributed by atoms with Crippen molar-refractivity contribution < 1.29 is 19.1 Å². The van der Waals surface area contributed by atoms with E-state index in [1.165, 1.54) is 6.07 Å². The van der Waals surface area contributed by atoms with E-state index in [1.807, 2.05) is 24.3 Å². The molecule has 0 saturated carbocycles. The first kappa shape index (κ1) is 11.5. The van der Waals surface area contributed by atoms with Crippen molar-refractivity contribution in [1.82, 2.24) is 0 Å². The van der Waals surface area contributed by atoms with Gasteiger partial charge in [0.2, 0.25) is 11.7 Å². The number of furan rings is 1. The van der Waals surface area contributed by atoms with Crippen LogP contribution in [0.25, 0.3) is 0 Å². The molecule has 0 spiro atoms. The fourth-order valence-electron chi connectivity index (χ4n) is 2.22. The minimum Gasteiger partial charge on any atom is -0.475 e. The number of aromatic carboxylic acids is 1. The molecule has 1 amide bonds. The molecule has 2 aromatic rings.